The molecule has 0 aromatic carbocycles. The maximum absolute atomic E-state index is 12.6. The van der Waals surface area contributed by atoms with E-state index in [0.29, 0.717) is 18.6 Å². The van der Waals surface area contributed by atoms with E-state index in [9.17, 15) is 22.4 Å². The molecule has 1 heterocycles. The van der Waals surface area contributed by atoms with Crippen LogP contribution in [0.15, 0.2) is 22.8 Å². The van der Waals surface area contributed by atoms with Gasteiger partial charge in [-0.25, -0.2) is 8.78 Å². The zero-order valence-corrected chi connectivity index (χ0v) is 9.63. The first-order valence-electron chi connectivity index (χ1n) is 5.33. The summed E-state index contributed by atoms with van der Waals surface area (Å²) >= 11 is 0. The molecule has 1 unspecified atom stereocenters. The van der Waals surface area contributed by atoms with E-state index in [0.717, 1.165) is 0 Å². The molecule has 102 valence electrons. The molecule has 0 aliphatic heterocycles. The maximum Gasteiger partial charge on any atom is 0.383 e. The fourth-order valence-electron chi connectivity index (χ4n) is 1.30. The highest BCUT2D eigenvalue weighted by atomic mass is 19.3. The summed E-state index contributed by atoms with van der Waals surface area (Å²) in [5.74, 6) is -5.97. The predicted molar refractivity (Wildman–Crippen MR) is 55.6 cm³/mol. The number of alkyl halides is 4. The van der Waals surface area contributed by atoms with Crippen LogP contribution < -0.4 is 5.32 Å². The molecule has 0 bridgehead atoms. The minimum atomic E-state index is -4.65. The second-order valence-corrected chi connectivity index (χ2v) is 3.92. The topological polar surface area (TPSA) is 42.2 Å². The number of hydrogen-bond acceptors (Lipinski definition) is 2. The lowest BCUT2D eigenvalue weighted by atomic mass is 10.1. The minimum absolute atomic E-state index is 0.318. The lowest BCUT2D eigenvalue weighted by Gasteiger charge is -2.18. The molecular weight excluding hydrogens is 254 g/mol. The van der Waals surface area contributed by atoms with Crippen LogP contribution in [0.4, 0.5) is 17.6 Å². The normalized spacial score (nSPS) is 13.7. The van der Waals surface area contributed by atoms with Crippen molar-refractivity contribution in [2.24, 2.45) is 0 Å². The molecule has 7 heteroatoms. The Labute approximate surface area is 101 Å². The number of furan rings is 1. The van der Waals surface area contributed by atoms with Crippen molar-refractivity contribution in [2.45, 2.75) is 38.2 Å². The summed E-state index contributed by atoms with van der Waals surface area (Å²) in [5.41, 5.74) is 0. The molecule has 0 saturated heterocycles. The van der Waals surface area contributed by atoms with Gasteiger partial charge < -0.3 is 9.73 Å². The number of amides is 1. The quantitative estimate of drug-likeness (QED) is 0.805. The third-order valence-electron chi connectivity index (χ3n) is 2.36. The zero-order chi connectivity index (χ0) is 13.8. The number of carbonyl (C=O) groups excluding carboxylic acids is 1. The Kier molecular flexibility index (Phi) is 4.75. The summed E-state index contributed by atoms with van der Waals surface area (Å²) in [5, 5.41) is 1.85. The third-order valence-corrected chi connectivity index (χ3v) is 2.36. The Morgan fingerprint density at radius 1 is 1.50 bits per heavy atom. The van der Waals surface area contributed by atoms with Gasteiger partial charge in [-0.3, -0.25) is 4.79 Å². The molecule has 1 rings (SSSR count). The largest absolute Gasteiger partial charge is 0.469 e. The molecule has 1 atom stereocenters. The highest BCUT2D eigenvalue weighted by Crippen LogP contribution is 2.23. The molecule has 0 fully saturated rings. The van der Waals surface area contributed by atoms with Gasteiger partial charge in [-0.05, 0) is 25.5 Å². The van der Waals surface area contributed by atoms with Gasteiger partial charge in [0, 0.05) is 12.5 Å². The van der Waals surface area contributed by atoms with E-state index in [1.165, 1.54) is 13.2 Å². The van der Waals surface area contributed by atoms with Crippen LogP contribution in [0.2, 0.25) is 0 Å². The first-order valence-corrected chi connectivity index (χ1v) is 5.33. The van der Waals surface area contributed by atoms with Gasteiger partial charge in [0.05, 0.1) is 6.26 Å². The Bertz CT molecular complexity index is 378. The van der Waals surface area contributed by atoms with Crippen molar-refractivity contribution >= 4 is 5.91 Å². The second kappa shape index (κ2) is 5.88. The SMILES string of the molecule is CC(CCc1ccco1)NC(=O)C(F)(F)C(F)F. The van der Waals surface area contributed by atoms with Gasteiger partial charge in [-0.2, -0.15) is 8.78 Å². The third kappa shape index (κ3) is 3.75. The fourth-order valence-corrected chi connectivity index (χ4v) is 1.30. The number of halogens is 4. The summed E-state index contributed by atoms with van der Waals surface area (Å²) in [4.78, 5) is 10.9. The number of nitrogens with one attached hydrogen (secondary N) is 1. The van der Waals surface area contributed by atoms with Crippen LogP contribution in [0.3, 0.4) is 0 Å². The molecule has 1 aromatic rings. The van der Waals surface area contributed by atoms with Gasteiger partial charge in [-0.15, -0.1) is 0 Å². The van der Waals surface area contributed by atoms with Crippen LogP contribution in [-0.2, 0) is 11.2 Å². The van der Waals surface area contributed by atoms with E-state index in [-0.39, 0.29) is 0 Å². The molecule has 0 saturated carbocycles. The second-order valence-electron chi connectivity index (χ2n) is 3.92. The molecular formula is C11H13F4NO2. The van der Waals surface area contributed by atoms with Gasteiger partial charge in [0.15, 0.2) is 0 Å². The number of hydrogen-bond donors (Lipinski definition) is 1. The number of carbonyl (C=O) groups is 1. The van der Waals surface area contributed by atoms with Crippen molar-refractivity contribution in [3.05, 3.63) is 24.2 Å². The predicted octanol–water partition coefficient (Wildman–Crippen LogP) is 2.62. The highest BCUT2D eigenvalue weighted by molar-refractivity contribution is 5.84. The molecule has 0 spiro atoms. The van der Waals surface area contributed by atoms with Crippen LogP contribution in [0.1, 0.15) is 19.1 Å². The molecule has 18 heavy (non-hydrogen) atoms. The van der Waals surface area contributed by atoms with Gasteiger partial charge in [0.1, 0.15) is 5.76 Å². The van der Waals surface area contributed by atoms with E-state index >= 15 is 0 Å². The number of rotatable bonds is 6. The molecule has 1 N–H and O–H groups in total. The summed E-state index contributed by atoms with van der Waals surface area (Å²) in [6.45, 7) is 1.46. The molecule has 1 amide bonds. The Morgan fingerprint density at radius 2 is 2.17 bits per heavy atom. The standard InChI is InChI=1S/C11H13F4NO2/c1-7(4-5-8-3-2-6-18-8)16-10(17)11(14,15)9(12)13/h2-3,6-7,9H,4-5H2,1H3,(H,16,17). The molecule has 0 radical (unpaired) electrons. The Balaban J connectivity index is 2.40. The molecule has 0 aliphatic carbocycles. The number of aryl methyl sites for hydroxylation is 1. The molecule has 0 aliphatic rings. The smallest absolute Gasteiger partial charge is 0.383 e. The average molecular weight is 267 g/mol. The summed E-state index contributed by atoms with van der Waals surface area (Å²) < 4.78 is 54.1. The van der Waals surface area contributed by atoms with Crippen molar-refractivity contribution in [3.8, 4) is 0 Å². The lowest BCUT2D eigenvalue weighted by Crippen LogP contribution is -2.48. The van der Waals surface area contributed by atoms with Gasteiger partial charge in [-0.1, -0.05) is 0 Å². The summed E-state index contributed by atoms with van der Waals surface area (Å²) in [6, 6.07) is 2.72. The molecule has 1 aromatic heterocycles. The highest BCUT2D eigenvalue weighted by Gasteiger charge is 2.49. The van der Waals surface area contributed by atoms with E-state index in [1.807, 2.05) is 5.32 Å². The van der Waals surface area contributed by atoms with Crippen LogP contribution in [0.25, 0.3) is 0 Å². The van der Waals surface area contributed by atoms with E-state index < -0.39 is 24.3 Å². The van der Waals surface area contributed by atoms with E-state index in [2.05, 4.69) is 0 Å². The summed E-state index contributed by atoms with van der Waals surface area (Å²) in [6.07, 6.45) is -1.80. The van der Waals surface area contributed by atoms with Gasteiger partial charge >= 0.3 is 12.3 Å². The van der Waals surface area contributed by atoms with Crippen molar-refractivity contribution in [1.29, 1.82) is 0 Å². The van der Waals surface area contributed by atoms with Crippen LogP contribution in [0.5, 0.6) is 0 Å². The minimum Gasteiger partial charge on any atom is -0.469 e. The fraction of sp³-hybridized carbons (Fsp3) is 0.545. The van der Waals surface area contributed by atoms with Crippen molar-refractivity contribution in [3.63, 3.8) is 0 Å². The van der Waals surface area contributed by atoms with Crippen LogP contribution in [0, 0.1) is 0 Å². The van der Waals surface area contributed by atoms with Crippen LogP contribution >= 0.6 is 0 Å². The average Bonchev–Trinajstić information content (AvgIpc) is 2.78. The Hall–Kier alpha value is -1.53. The lowest BCUT2D eigenvalue weighted by molar-refractivity contribution is -0.170. The van der Waals surface area contributed by atoms with Crippen LogP contribution in [-0.4, -0.2) is 24.3 Å². The first kappa shape index (κ1) is 14.5. The van der Waals surface area contributed by atoms with Crippen molar-refractivity contribution in [2.75, 3.05) is 0 Å². The van der Waals surface area contributed by atoms with Crippen molar-refractivity contribution < 1.29 is 26.8 Å². The van der Waals surface area contributed by atoms with Gasteiger partial charge in [0.2, 0.25) is 0 Å². The van der Waals surface area contributed by atoms with E-state index in [1.54, 1.807) is 12.1 Å². The van der Waals surface area contributed by atoms with E-state index in [4.69, 9.17) is 4.42 Å². The van der Waals surface area contributed by atoms with Crippen molar-refractivity contribution in [1.82, 2.24) is 5.32 Å². The monoisotopic (exact) mass is 267 g/mol. The maximum atomic E-state index is 12.6. The van der Waals surface area contributed by atoms with Gasteiger partial charge in [0.25, 0.3) is 5.91 Å². The molecule has 3 nitrogen and oxygen atoms in total. The summed E-state index contributed by atoms with van der Waals surface area (Å²) in [7, 11) is 0. The zero-order valence-electron chi connectivity index (χ0n) is 9.63. The first-order chi connectivity index (χ1) is 8.34. The Morgan fingerprint density at radius 3 is 2.67 bits per heavy atom.